The molecule has 0 bridgehead atoms. The van der Waals surface area contributed by atoms with E-state index >= 15 is 0 Å². The molecule has 1 saturated carbocycles. The number of benzene rings is 1. The summed E-state index contributed by atoms with van der Waals surface area (Å²) in [5.74, 6) is -0.279. The Balaban J connectivity index is 2.06. The second-order valence-corrected chi connectivity index (χ2v) is 5.34. The van der Waals surface area contributed by atoms with Gasteiger partial charge >= 0.3 is 5.97 Å². The van der Waals surface area contributed by atoms with E-state index in [1.807, 2.05) is 24.3 Å². The Bertz CT molecular complexity index is 615. The summed E-state index contributed by atoms with van der Waals surface area (Å²) in [6.07, 6.45) is 5.98. The highest BCUT2D eigenvalue weighted by molar-refractivity contribution is 5.93. The van der Waals surface area contributed by atoms with E-state index in [2.05, 4.69) is 4.98 Å². The van der Waals surface area contributed by atoms with E-state index in [-0.39, 0.29) is 5.69 Å². The molecule has 1 aromatic heterocycles. The summed E-state index contributed by atoms with van der Waals surface area (Å²) in [7, 11) is 0. The van der Waals surface area contributed by atoms with Crippen LogP contribution in [-0.2, 0) is 6.42 Å². The predicted octanol–water partition coefficient (Wildman–Crippen LogP) is 3.67. The van der Waals surface area contributed by atoms with Gasteiger partial charge in [-0.05, 0) is 23.8 Å². The quantitative estimate of drug-likeness (QED) is 0.910. The average molecular weight is 255 g/mol. The molecule has 3 heteroatoms. The summed E-state index contributed by atoms with van der Waals surface area (Å²) < 4.78 is 0. The number of aromatic nitrogens is 1. The fraction of sp³-hybridized carbons (Fsp3) is 0.375. The van der Waals surface area contributed by atoms with E-state index in [0.717, 1.165) is 22.9 Å². The minimum Gasteiger partial charge on any atom is -0.477 e. The highest BCUT2D eigenvalue weighted by Gasteiger charge is 2.18. The Morgan fingerprint density at radius 1 is 1.26 bits per heavy atom. The molecular formula is C16H17NO2. The van der Waals surface area contributed by atoms with Crippen LogP contribution in [0.5, 0.6) is 0 Å². The molecule has 0 atom stereocenters. The van der Waals surface area contributed by atoms with Crippen LogP contribution in [0.15, 0.2) is 30.3 Å². The first-order valence-corrected chi connectivity index (χ1v) is 6.86. The Morgan fingerprint density at radius 2 is 2.00 bits per heavy atom. The van der Waals surface area contributed by atoms with Crippen molar-refractivity contribution >= 4 is 16.7 Å². The first-order valence-electron chi connectivity index (χ1n) is 6.86. The molecule has 1 fully saturated rings. The summed E-state index contributed by atoms with van der Waals surface area (Å²) in [6.45, 7) is 0. The Kier molecular flexibility index (Phi) is 3.20. The Labute approximate surface area is 112 Å². The van der Waals surface area contributed by atoms with E-state index in [9.17, 15) is 4.79 Å². The van der Waals surface area contributed by atoms with Gasteiger partial charge in [0.25, 0.3) is 0 Å². The van der Waals surface area contributed by atoms with E-state index in [1.54, 1.807) is 6.07 Å². The molecule has 1 heterocycles. The third-order valence-corrected chi connectivity index (χ3v) is 4.00. The standard InChI is InChI=1S/C16H17NO2/c18-16(19)15-10-12-7-3-4-8-13(12)14(17-15)9-11-5-1-2-6-11/h3-4,7-8,10-11H,1-2,5-6,9H2,(H,18,19). The van der Waals surface area contributed by atoms with E-state index in [1.165, 1.54) is 25.7 Å². The Morgan fingerprint density at radius 3 is 2.74 bits per heavy atom. The molecule has 1 aromatic carbocycles. The molecule has 3 nitrogen and oxygen atoms in total. The number of carboxylic acid groups (broad SMARTS) is 1. The molecule has 19 heavy (non-hydrogen) atoms. The number of fused-ring (bicyclic) bond motifs is 1. The van der Waals surface area contributed by atoms with Gasteiger partial charge in [-0.15, -0.1) is 0 Å². The number of aromatic carboxylic acids is 1. The molecule has 0 spiro atoms. The normalized spacial score (nSPS) is 16.0. The van der Waals surface area contributed by atoms with Gasteiger partial charge in [-0.1, -0.05) is 49.9 Å². The van der Waals surface area contributed by atoms with Gasteiger partial charge in [0.15, 0.2) is 0 Å². The van der Waals surface area contributed by atoms with Crippen LogP contribution in [0.3, 0.4) is 0 Å². The van der Waals surface area contributed by atoms with Crippen LogP contribution in [0, 0.1) is 5.92 Å². The fourth-order valence-electron chi connectivity index (χ4n) is 3.02. The van der Waals surface area contributed by atoms with Crippen molar-refractivity contribution in [1.29, 1.82) is 0 Å². The molecule has 2 aromatic rings. The number of hydrogen-bond acceptors (Lipinski definition) is 2. The van der Waals surface area contributed by atoms with Crippen molar-refractivity contribution in [3.8, 4) is 0 Å². The van der Waals surface area contributed by atoms with E-state index in [0.29, 0.717) is 5.92 Å². The van der Waals surface area contributed by atoms with Gasteiger partial charge in [-0.3, -0.25) is 0 Å². The Hall–Kier alpha value is -1.90. The second kappa shape index (κ2) is 5.00. The molecular weight excluding hydrogens is 238 g/mol. The van der Waals surface area contributed by atoms with Crippen molar-refractivity contribution in [3.05, 3.63) is 41.7 Å². The first kappa shape index (κ1) is 12.2. The molecule has 1 N–H and O–H groups in total. The lowest BCUT2D eigenvalue weighted by Crippen LogP contribution is -2.07. The van der Waals surface area contributed by atoms with Gasteiger partial charge in [-0.2, -0.15) is 0 Å². The van der Waals surface area contributed by atoms with Crippen molar-refractivity contribution in [2.45, 2.75) is 32.1 Å². The fourth-order valence-corrected chi connectivity index (χ4v) is 3.02. The SMILES string of the molecule is O=C(O)c1cc2ccccc2c(CC2CCCC2)n1. The second-order valence-electron chi connectivity index (χ2n) is 5.34. The zero-order valence-corrected chi connectivity index (χ0v) is 10.8. The minimum absolute atomic E-state index is 0.159. The predicted molar refractivity (Wildman–Crippen MR) is 74.4 cm³/mol. The number of pyridine rings is 1. The van der Waals surface area contributed by atoms with Gasteiger partial charge in [0.1, 0.15) is 5.69 Å². The van der Waals surface area contributed by atoms with Crippen LogP contribution in [0.4, 0.5) is 0 Å². The van der Waals surface area contributed by atoms with Crippen LogP contribution < -0.4 is 0 Å². The van der Waals surface area contributed by atoms with Crippen molar-refractivity contribution in [3.63, 3.8) is 0 Å². The van der Waals surface area contributed by atoms with Crippen molar-refractivity contribution in [2.24, 2.45) is 5.92 Å². The van der Waals surface area contributed by atoms with Crippen molar-refractivity contribution in [1.82, 2.24) is 4.98 Å². The van der Waals surface area contributed by atoms with E-state index < -0.39 is 5.97 Å². The van der Waals surface area contributed by atoms with Gasteiger partial charge in [0.2, 0.25) is 0 Å². The smallest absolute Gasteiger partial charge is 0.354 e. The molecule has 3 rings (SSSR count). The van der Waals surface area contributed by atoms with Crippen LogP contribution in [0.1, 0.15) is 41.9 Å². The number of rotatable bonds is 3. The largest absolute Gasteiger partial charge is 0.477 e. The number of nitrogens with zero attached hydrogens (tertiary/aromatic N) is 1. The highest BCUT2D eigenvalue weighted by Crippen LogP contribution is 2.30. The molecule has 0 unspecified atom stereocenters. The van der Waals surface area contributed by atoms with Crippen LogP contribution in [0.25, 0.3) is 10.8 Å². The van der Waals surface area contributed by atoms with E-state index in [4.69, 9.17) is 5.11 Å². The maximum Gasteiger partial charge on any atom is 0.354 e. The summed E-state index contributed by atoms with van der Waals surface area (Å²) in [5, 5.41) is 11.2. The monoisotopic (exact) mass is 255 g/mol. The third-order valence-electron chi connectivity index (χ3n) is 4.00. The van der Waals surface area contributed by atoms with Gasteiger partial charge in [-0.25, -0.2) is 9.78 Å². The number of carbonyl (C=O) groups is 1. The molecule has 98 valence electrons. The zero-order valence-electron chi connectivity index (χ0n) is 10.8. The molecule has 0 aliphatic heterocycles. The molecule has 0 amide bonds. The molecule has 0 radical (unpaired) electrons. The minimum atomic E-state index is -0.946. The van der Waals surface area contributed by atoms with Crippen molar-refractivity contribution < 1.29 is 9.90 Å². The summed E-state index contributed by atoms with van der Waals surface area (Å²) >= 11 is 0. The number of hydrogen-bond donors (Lipinski definition) is 1. The summed E-state index contributed by atoms with van der Waals surface area (Å²) in [6, 6.07) is 9.59. The van der Waals surface area contributed by atoms with Crippen LogP contribution in [0.2, 0.25) is 0 Å². The van der Waals surface area contributed by atoms with Crippen LogP contribution in [-0.4, -0.2) is 16.1 Å². The average Bonchev–Trinajstić information content (AvgIpc) is 2.91. The maximum absolute atomic E-state index is 11.2. The molecule has 1 aliphatic rings. The van der Waals surface area contributed by atoms with Gasteiger partial charge in [0.05, 0.1) is 0 Å². The zero-order chi connectivity index (χ0) is 13.2. The van der Waals surface area contributed by atoms with Crippen LogP contribution >= 0.6 is 0 Å². The summed E-state index contributed by atoms with van der Waals surface area (Å²) in [4.78, 5) is 15.5. The first-order chi connectivity index (χ1) is 9.24. The topological polar surface area (TPSA) is 50.2 Å². The molecule has 0 saturated heterocycles. The number of carboxylic acids is 1. The lowest BCUT2D eigenvalue weighted by Gasteiger charge is -2.11. The van der Waals surface area contributed by atoms with Gasteiger partial charge < -0.3 is 5.11 Å². The molecule has 1 aliphatic carbocycles. The lowest BCUT2D eigenvalue weighted by molar-refractivity contribution is 0.0690. The maximum atomic E-state index is 11.2. The lowest BCUT2D eigenvalue weighted by atomic mass is 9.97. The third kappa shape index (κ3) is 2.46. The van der Waals surface area contributed by atoms with Gasteiger partial charge in [0, 0.05) is 11.1 Å². The van der Waals surface area contributed by atoms with Crippen molar-refractivity contribution in [2.75, 3.05) is 0 Å². The summed E-state index contributed by atoms with van der Waals surface area (Å²) in [5.41, 5.74) is 1.11. The highest BCUT2D eigenvalue weighted by atomic mass is 16.4.